The molecule has 0 spiro atoms. The molecule has 62 valence electrons. The van der Waals surface area contributed by atoms with Crippen LogP contribution < -0.4 is 0 Å². The van der Waals surface area contributed by atoms with Crippen molar-refractivity contribution < 1.29 is 14.9 Å². The summed E-state index contributed by atoms with van der Waals surface area (Å²) in [6.07, 6.45) is 0.338. The van der Waals surface area contributed by atoms with Crippen LogP contribution in [0.3, 0.4) is 0 Å². The molecule has 0 heterocycles. The molecule has 0 bridgehead atoms. The van der Waals surface area contributed by atoms with Crippen molar-refractivity contribution in [3.63, 3.8) is 0 Å². The van der Waals surface area contributed by atoms with Crippen LogP contribution in [0.1, 0.15) is 27.2 Å². The molecule has 0 aliphatic carbocycles. The van der Waals surface area contributed by atoms with Gasteiger partial charge in [-0.25, -0.2) is 0 Å². The molecule has 3 nitrogen and oxygen atoms in total. The lowest BCUT2D eigenvalue weighted by Crippen LogP contribution is -2.34. The van der Waals surface area contributed by atoms with E-state index in [0.29, 0.717) is 6.42 Å². The number of hydrogen-bond donors (Lipinski definition) is 2. The van der Waals surface area contributed by atoms with E-state index >= 15 is 0 Å². The smallest absolute Gasteiger partial charge is 0.186 e. The van der Waals surface area contributed by atoms with Crippen LogP contribution in [0, 0.1) is 0 Å². The first-order chi connectivity index (χ1) is 4.48. The van der Waals surface area contributed by atoms with E-state index in [9.17, 15) is 0 Å². The van der Waals surface area contributed by atoms with Crippen molar-refractivity contribution in [1.82, 2.24) is 0 Å². The molecule has 0 atom stereocenters. The van der Waals surface area contributed by atoms with E-state index < -0.39 is 5.79 Å². The van der Waals surface area contributed by atoms with Gasteiger partial charge in [0.2, 0.25) is 0 Å². The Morgan fingerprint density at radius 3 is 2.20 bits per heavy atom. The second-order valence-electron chi connectivity index (χ2n) is 2.70. The highest BCUT2D eigenvalue weighted by Gasteiger charge is 2.20. The maximum absolute atomic E-state index is 9.00. The van der Waals surface area contributed by atoms with E-state index in [-0.39, 0.29) is 12.7 Å². The van der Waals surface area contributed by atoms with Gasteiger partial charge in [-0.05, 0) is 13.8 Å². The van der Waals surface area contributed by atoms with E-state index in [1.54, 1.807) is 6.92 Å². The molecule has 0 amide bonds. The van der Waals surface area contributed by atoms with Gasteiger partial charge in [-0.15, -0.1) is 0 Å². The zero-order valence-electron chi connectivity index (χ0n) is 6.79. The van der Waals surface area contributed by atoms with Gasteiger partial charge in [0.15, 0.2) is 5.79 Å². The topological polar surface area (TPSA) is 49.7 Å². The standard InChI is InChI=1S/C7H16O3/c1-4-7(8,9)5-10-6(2)3/h6,8-9H,4-5H2,1-3H3. The highest BCUT2D eigenvalue weighted by Crippen LogP contribution is 2.06. The summed E-state index contributed by atoms with van der Waals surface area (Å²) in [7, 11) is 0. The van der Waals surface area contributed by atoms with Gasteiger partial charge in [-0.3, -0.25) is 0 Å². The normalized spacial score (nSPS) is 12.6. The lowest BCUT2D eigenvalue weighted by Gasteiger charge is -2.20. The minimum absolute atomic E-state index is 0.0127. The third-order valence-electron chi connectivity index (χ3n) is 1.21. The van der Waals surface area contributed by atoms with Crippen molar-refractivity contribution in [3.8, 4) is 0 Å². The average molecular weight is 148 g/mol. The van der Waals surface area contributed by atoms with Crippen LogP contribution in [0.25, 0.3) is 0 Å². The largest absolute Gasteiger partial charge is 0.373 e. The fourth-order valence-corrected chi connectivity index (χ4v) is 0.402. The van der Waals surface area contributed by atoms with Crippen LogP contribution in [0.5, 0.6) is 0 Å². The first kappa shape index (κ1) is 9.88. The molecule has 0 rings (SSSR count). The lowest BCUT2D eigenvalue weighted by molar-refractivity contribution is -0.205. The highest BCUT2D eigenvalue weighted by molar-refractivity contribution is 4.59. The third-order valence-corrected chi connectivity index (χ3v) is 1.21. The summed E-state index contributed by atoms with van der Waals surface area (Å²) >= 11 is 0. The zero-order valence-corrected chi connectivity index (χ0v) is 6.79. The van der Waals surface area contributed by atoms with Gasteiger partial charge in [0.05, 0.1) is 6.10 Å². The maximum atomic E-state index is 9.00. The van der Waals surface area contributed by atoms with Crippen LogP contribution >= 0.6 is 0 Å². The van der Waals surface area contributed by atoms with Gasteiger partial charge in [0, 0.05) is 6.42 Å². The Labute approximate surface area is 61.6 Å². The monoisotopic (exact) mass is 148 g/mol. The van der Waals surface area contributed by atoms with Gasteiger partial charge < -0.3 is 14.9 Å². The number of rotatable bonds is 4. The summed E-state index contributed by atoms with van der Waals surface area (Å²) in [5, 5.41) is 18.0. The van der Waals surface area contributed by atoms with E-state index in [2.05, 4.69) is 0 Å². The molecule has 3 heteroatoms. The molecule has 0 fully saturated rings. The van der Waals surface area contributed by atoms with Crippen molar-refractivity contribution in [2.45, 2.75) is 39.1 Å². The van der Waals surface area contributed by atoms with E-state index in [4.69, 9.17) is 14.9 Å². The predicted molar refractivity (Wildman–Crippen MR) is 38.5 cm³/mol. The molecule has 0 radical (unpaired) electrons. The lowest BCUT2D eigenvalue weighted by atomic mass is 10.2. The number of aliphatic hydroxyl groups is 2. The molecule has 10 heavy (non-hydrogen) atoms. The summed E-state index contributed by atoms with van der Waals surface area (Å²) in [5.41, 5.74) is 0. The second-order valence-corrected chi connectivity index (χ2v) is 2.70. The summed E-state index contributed by atoms with van der Waals surface area (Å²) in [4.78, 5) is 0. The third kappa shape index (κ3) is 4.73. The van der Waals surface area contributed by atoms with E-state index in [1.165, 1.54) is 0 Å². The van der Waals surface area contributed by atoms with Crippen LogP contribution in [0.2, 0.25) is 0 Å². The minimum Gasteiger partial charge on any atom is -0.373 e. The minimum atomic E-state index is -1.65. The maximum Gasteiger partial charge on any atom is 0.186 e. The van der Waals surface area contributed by atoms with Crippen LogP contribution in [-0.2, 0) is 4.74 Å². The van der Waals surface area contributed by atoms with Gasteiger partial charge >= 0.3 is 0 Å². The Hall–Kier alpha value is -0.120. The molecule has 0 aliphatic heterocycles. The van der Waals surface area contributed by atoms with Gasteiger partial charge in [-0.1, -0.05) is 6.92 Å². The van der Waals surface area contributed by atoms with Crippen molar-refractivity contribution in [1.29, 1.82) is 0 Å². The fraction of sp³-hybridized carbons (Fsp3) is 1.00. The quantitative estimate of drug-likeness (QED) is 0.571. The van der Waals surface area contributed by atoms with Crippen molar-refractivity contribution in [3.05, 3.63) is 0 Å². The molecule has 0 unspecified atom stereocenters. The van der Waals surface area contributed by atoms with Crippen LogP contribution in [-0.4, -0.2) is 28.7 Å². The molecule has 0 aromatic heterocycles. The van der Waals surface area contributed by atoms with Crippen molar-refractivity contribution >= 4 is 0 Å². The van der Waals surface area contributed by atoms with Crippen molar-refractivity contribution in [2.24, 2.45) is 0 Å². The Morgan fingerprint density at radius 1 is 1.40 bits per heavy atom. The molecular formula is C7H16O3. The van der Waals surface area contributed by atoms with Gasteiger partial charge in [0.1, 0.15) is 6.61 Å². The Bertz CT molecular complexity index is 88.9. The molecule has 0 aromatic rings. The van der Waals surface area contributed by atoms with Crippen molar-refractivity contribution in [2.75, 3.05) is 6.61 Å². The molecule has 0 saturated heterocycles. The SMILES string of the molecule is CCC(O)(O)COC(C)C. The van der Waals surface area contributed by atoms with Crippen LogP contribution in [0.4, 0.5) is 0 Å². The summed E-state index contributed by atoms with van der Waals surface area (Å²) in [6, 6.07) is 0. The first-order valence-electron chi connectivity index (χ1n) is 3.54. The fourth-order valence-electron chi connectivity index (χ4n) is 0.402. The zero-order chi connectivity index (χ0) is 8.20. The second kappa shape index (κ2) is 3.91. The molecule has 0 aliphatic rings. The van der Waals surface area contributed by atoms with E-state index in [0.717, 1.165) is 0 Å². The highest BCUT2D eigenvalue weighted by atomic mass is 16.6. The average Bonchev–Trinajstić information content (AvgIpc) is 1.85. The molecule has 0 saturated carbocycles. The van der Waals surface area contributed by atoms with E-state index in [1.807, 2.05) is 13.8 Å². The first-order valence-corrected chi connectivity index (χ1v) is 3.54. The summed E-state index contributed by atoms with van der Waals surface area (Å²) < 4.78 is 5.00. The summed E-state index contributed by atoms with van der Waals surface area (Å²) in [5.74, 6) is -1.65. The predicted octanol–water partition coefficient (Wildman–Crippen LogP) is 0.502. The molecule has 0 aromatic carbocycles. The number of ether oxygens (including phenoxy) is 1. The summed E-state index contributed by atoms with van der Waals surface area (Å²) in [6.45, 7) is 5.39. The molecule has 2 N–H and O–H groups in total. The Morgan fingerprint density at radius 2 is 1.90 bits per heavy atom. The Kier molecular flexibility index (Phi) is 3.86. The number of hydrogen-bond acceptors (Lipinski definition) is 3. The van der Waals surface area contributed by atoms with Gasteiger partial charge in [-0.2, -0.15) is 0 Å². The Balaban J connectivity index is 3.46. The van der Waals surface area contributed by atoms with Gasteiger partial charge in [0.25, 0.3) is 0 Å². The molecular weight excluding hydrogens is 132 g/mol. The van der Waals surface area contributed by atoms with Crippen LogP contribution in [0.15, 0.2) is 0 Å².